The molecule has 2 heterocycles. The third-order valence-corrected chi connectivity index (χ3v) is 9.62. The lowest BCUT2D eigenvalue weighted by Crippen LogP contribution is -2.45. The van der Waals surface area contributed by atoms with E-state index >= 15 is 4.39 Å². The Morgan fingerprint density at radius 1 is 1.14 bits per heavy atom. The van der Waals surface area contributed by atoms with E-state index < -0.39 is 27.1 Å². The summed E-state index contributed by atoms with van der Waals surface area (Å²) in [5.41, 5.74) is 1.51. The number of sulfonamides is 1. The van der Waals surface area contributed by atoms with Crippen LogP contribution in [-0.4, -0.2) is 58.9 Å². The summed E-state index contributed by atoms with van der Waals surface area (Å²) in [6.07, 6.45) is 8.11. The summed E-state index contributed by atoms with van der Waals surface area (Å²) in [5.74, 6) is 2.17. The molecular weight excluding hydrogens is 481 g/mol. The van der Waals surface area contributed by atoms with E-state index in [-0.39, 0.29) is 12.0 Å². The highest BCUT2D eigenvalue weighted by molar-refractivity contribution is 7.89. The van der Waals surface area contributed by atoms with Gasteiger partial charge in [-0.25, -0.2) is 12.8 Å². The molecular formula is C28H34FNO5S. The molecule has 4 rings (SSSR count). The largest absolute Gasteiger partial charge is 0.382 e. The van der Waals surface area contributed by atoms with Crippen LogP contribution in [-0.2, 0) is 36.2 Å². The van der Waals surface area contributed by atoms with Crippen molar-refractivity contribution in [2.75, 3.05) is 40.1 Å². The molecule has 6 nitrogen and oxygen atoms in total. The van der Waals surface area contributed by atoms with Crippen LogP contribution < -0.4 is 0 Å². The monoisotopic (exact) mass is 515 g/mol. The van der Waals surface area contributed by atoms with Crippen molar-refractivity contribution in [3.8, 4) is 12.3 Å². The first-order valence-corrected chi connectivity index (χ1v) is 13.9. The highest BCUT2D eigenvalue weighted by atomic mass is 32.2. The van der Waals surface area contributed by atoms with E-state index in [0.29, 0.717) is 51.4 Å². The van der Waals surface area contributed by atoms with Crippen LogP contribution in [0, 0.1) is 18.2 Å². The summed E-state index contributed by atoms with van der Waals surface area (Å²) < 4.78 is 60.5. The first kappa shape index (κ1) is 26.8. The Kier molecular flexibility index (Phi) is 8.81. The fourth-order valence-corrected chi connectivity index (χ4v) is 7.28. The first-order chi connectivity index (χ1) is 17.4. The van der Waals surface area contributed by atoms with Gasteiger partial charge in [-0.1, -0.05) is 48.4 Å². The van der Waals surface area contributed by atoms with E-state index in [1.807, 2.05) is 36.4 Å². The summed E-state index contributed by atoms with van der Waals surface area (Å²) in [4.78, 5) is 0. The predicted octanol–water partition coefficient (Wildman–Crippen LogP) is 4.21. The predicted molar refractivity (Wildman–Crippen MR) is 136 cm³/mol. The fourth-order valence-electron chi connectivity index (χ4n) is 5.18. The van der Waals surface area contributed by atoms with Gasteiger partial charge in [0.25, 0.3) is 0 Å². The molecule has 2 aliphatic rings. The molecule has 2 saturated heterocycles. The molecule has 2 aromatic rings. The van der Waals surface area contributed by atoms with Gasteiger partial charge in [-0.15, -0.1) is 6.42 Å². The van der Waals surface area contributed by atoms with Crippen LogP contribution in [0.2, 0.25) is 0 Å². The molecule has 2 aromatic carbocycles. The maximum absolute atomic E-state index is 15.5. The molecule has 0 saturated carbocycles. The van der Waals surface area contributed by atoms with E-state index in [0.717, 1.165) is 24.0 Å². The zero-order valence-corrected chi connectivity index (χ0v) is 21.5. The highest BCUT2D eigenvalue weighted by Crippen LogP contribution is 2.39. The maximum atomic E-state index is 15.5. The second kappa shape index (κ2) is 11.8. The van der Waals surface area contributed by atoms with Crippen molar-refractivity contribution in [3.05, 3.63) is 71.0 Å². The minimum Gasteiger partial charge on any atom is -0.382 e. The van der Waals surface area contributed by atoms with Crippen molar-refractivity contribution >= 4 is 10.0 Å². The van der Waals surface area contributed by atoms with Gasteiger partial charge in [-0.05, 0) is 42.9 Å². The minimum atomic E-state index is -3.78. The molecule has 2 fully saturated rings. The topological polar surface area (TPSA) is 65.1 Å². The van der Waals surface area contributed by atoms with Crippen molar-refractivity contribution in [2.45, 2.75) is 48.9 Å². The average Bonchev–Trinajstić information content (AvgIpc) is 2.89. The number of benzene rings is 2. The third-order valence-electron chi connectivity index (χ3n) is 7.35. The smallest absolute Gasteiger partial charge is 0.222 e. The van der Waals surface area contributed by atoms with Crippen LogP contribution in [0.15, 0.2) is 48.5 Å². The number of nitrogens with zero attached hydrogens (tertiary/aromatic N) is 1. The van der Waals surface area contributed by atoms with Crippen molar-refractivity contribution in [2.24, 2.45) is 0 Å². The number of hydrogen-bond acceptors (Lipinski definition) is 5. The molecule has 2 aliphatic heterocycles. The number of hydrogen-bond donors (Lipinski definition) is 0. The lowest BCUT2D eigenvalue weighted by atomic mass is 9.74. The first-order valence-electron chi connectivity index (χ1n) is 12.4. The van der Waals surface area contributed by atoms with Gasteiger partial charge >= 0.3 is 0 Å². The Balaban J connectivity index is 1.58. The zero-order chi connectivity index (χ0) is 25.6. The Bertz CT molecular complexity index is 1160. The Morgan fingerprint density at radius 2 is 1.89 bits per heavy atom. The van der Waals surface area contributed by atoms with E-state index in [1.165, 1.54) is 10.4 Å². The van der Waals surface area contributed by atoms with Gasteiger partial charge < -0.3 is 14.2 Å². The number of ether oxygens (including phenoxy) is 3. The Labute approximate surface area is 213 Å². The van der Waals surface area contributed by atoms with E-state index in [9.17, 15) is 8.42 Å². The molecule has 0 N–H and O–H groups in total. The van der Waals surface area contributed by atoms with Crippen molar-refractivity contribution < 1.29 is 27.0 Å². The summed E-state index contributed by atoms with van der Waals surface area (Å²) in [7, 11) is -2.16. The molecule has 194 valence electrons. The molecule has 0 radical (unpaired) electrons. The van der Waals surface area contributed by atoms with Crippen molar-refractivity contribution in [1.29, 1.82) is 0 Å². The molecule has 36 heavy (non-hydrogen) atoms. The van der Waals surface area contributed by atoms with Crippen LogP contribution >= 0.6 is 0 Å². The number of rotatable bonds is 9. The van der Waals surface area contributed by atoms with Crippen molar-refractivity contribution in [3.63, 3.8) is 0 Å². The van der Waals surface area contributed by atoms with Crippen molar-refractivity contribution in [1.82, 2.24) is 4.31 Å². The molecule has 2 unspecified atom stereocenters. The Morgan fingerprint density at radius 3 is 2.56 bits per heavy atom. The quantitative estimate of drug-likeness (QED) is 0.370. The molecule has 0 aliphatic carbocycles. The third kappa shape index (κ3) is 5.66. The van der Waals surface area contributed by atoms with E-state index in [2.05, 4.69) is 5.92 Å². The van der Waals surface area contributed by atoms with Gasteiger partial charge in [0.2, 0.25) is 10.0 Å². The second-order valence-corrected chi connectivity index (χ2v) is 11.6. The molecule has 0 amide bonds. The average molecular weight is 516 g/mol. The minimum absolute atomic E-state index is 0.104. The Hall–Kier alpha value is -2.28. The van der Waals surface area contributed by atoms with E-state index in [1.54, 1.807) is 13.2 Å². The summed E-state index contributed by atoms with van der Waals surface area (Å²) in [5, 5.41) is -0.694. The van der Waals surface area contributed by atoms with Crippen LogP contribution in [0.25, 0.3) is 0 Å². The fraction of sp³-hybridized carbons (Fsp3) is 0.500. The molecule has 0 spiro atoms. The number of methoxy groups -OCH3 is 1. The molecule has 0 bridgehead atoms. The standard InChI is InChI=1S/C28H34FNO5S/c1-3-25-11-12-27(22-7-5-4-6-8-22)36(31,32)30(25)20-23-9-10-24(19-26(23)29)28(13-15-34-16-14-28)21-35-18-17-33-2/h1,4-10,19,25,27H,11-18,20-21H2,2H3. The normalized spacial score (nSPS) is 23.7. The van der Waals surface area contributed by atoms with Gasteiger partial charge in [0, 0.05) is 37.8 Å². The van der Waals surface area contributed by atoms with Gasteiger partial charge in [-0.2, -0.15) is 4.31 Å². The lowest BCUT2D eigenvalue weighted by Gasteiger charge is -2.38. The van der Waals surface area contributed by atoms with Crippen LogP contribution in [0.3, 0.4) is 0 Å². The molecule has 2 atom stereocenters. The van der Waals surface area contributed by atoms with Crippen LogP contribution in [0.1, 0.15) is 47.6 Å². The number of halogens is 1. The van der Waals surface area contributed by atoms with Gasteiger partial charge in [0.15, 0.2) is 0 Å². The number of terminal acetylenes is 1. The maximum Gasteiger partial charge on any atom is 0.222 e. The summed E-state index contributed by atoms with van der Waals surface area (Å²) in [6, 6.07) is 13.6. The highest BCUT2D eigenvalue weighted by Gasteiger charge is 2.42. The van der Waals surface area contributed by atoms with Gasteiger partial charge in [0.1, 0.15) is 11.1 Å². The molecule has 8 heteroatoms. The van der Waals surface area contributed by atoms with Crippen LogP contribution in [0.5, 0.6) is 0 Å². The van der Waals surface area contributed by atoms with Gasteiger partial charge in [0.05, 0.1) is 25.9 Å². The van der Waals surface area contributed by atoms with E-state index in [4.69, 9.17) is 20.6 Å². The van der Waals surface area contributed by atoms with Crippen LogP contribution in [0.4, 0.5) is 4.39 Å². The SMILES string of the molecule is C#CC1CCC(c2ccccc2)S(=O)(=O)N1Cc1ccc(C2(COCCOC)CCOCC2)cc1F. The lowest BCUT2D eigenvalue weighted by molar-refractivity contribution is -0.0111. The van der Waals surface area contributed by atoms with Gasteiger partial charge in [-0.3, -0.25) is 0 Å². The summed E-state index contributed by atoms with van der Waals surface area (Å²) >= 11 is 0. The zero-order valence-electron chi connectivity index (χ0n) is 20.7. The molecule has 0 aromatic heterocycles. The summed E-state index contributed by atoms with van der Waals surface area (Å²) in [6.45, 7) is 2.44. The second-order valence-electron chi connectivity index (χ2n) is 9.49.